The van der Waals surface area contributed by atoms with Gasteiger partial charge in [0.15, 0.2) is 3.95 Å². The van der Waals surface area contributed by atoms with Crippen molar-refractivity contribution >= 4 is 28.7 Å². The summed E-state index contributed by atoms with van der Waals surface area (Å²) in [5.74, 6) is 0. The molecule has 1 saturated heterocycles. The van der Waals surface area contributed by atoms with Gasteiger partial charge in [-0.3, -0.25) is 5.10 Å². The van der Waals surface area contributed by atoms with E-state index in [1.807, 2.05) is 0 Å². The highest BCUT2D eigenvalue weighted by atomic mass is 32.1. The maximum Gasteiger partial charge on any atom is 0.204 e. The number of H-pyrrole nitrogens is 1. The first kappa shape index (κ1) is 10.1. The number of aromatic nitrogens is 2. The maximum atomic E-state index is 5.32. The molecule has 1 aromatic rings. The molecule has 0 spiro atoms. The van der Waals surface area contributed by atoms with Crippen molar-refractivity contribution in [2.45, 2.75) is 25.3 Å². The van der Waals surface area contributed by atoms with Crippen molar-refractivity contribution in [2.24, 2.45) is 0 Å². The quantitative estimate of drug-likeness (QED) is 0.766. The topological polar surface area (TPSA) is 49.9 Å². The van der Waals surface area contributed by atoms with Gasteiger partial charge in [0.25, 0.3) is 0 Å². The number of hydrogen-bond donors (Lipinski definition) is 2. The molecule has 0 unspecified atom stereocenters. The van der Waals surface area contributed by atoms with Crippen LogP contribution in [0.15, 0.2) is 0 Å². The highest BCUT2D eigenvalue weighted by Gasteiger charge is 2.27. The molecule has 1 aromatic heterocycles. The summed E-state index contributed by atoms with van der Waals surface area (Å²) >= 11 is 6.45. The van der Waals surface area contributed by atoms with Crippen molar-refractivity contribution in [3.8, 4) is 0 Å². The van der Waals surface area contributed by atoms with Crippen molar-refractivity contribution in [3.05, 3.63) is 3.95 Å². The van der Waals surface area contributed by atoms with Gasteiger partial charge in [-0.25, -0.2) is 0 Å². The fourth-order valence-electron chi connectivity index (χ4n) is 1.49. The van der Waals surface area contributed by atoms with Gasteiger partial charge in [0, 0.05) is 18.8 Å². The smallest absolute Gasteiger partial charge is 0.204 e. The summed E-state index contributed by atoms with van der Waals surface area (Å²) in [5, 5.41) is 11.1. The zero-order chi connectivity index (χ0) is 10.0. The standard InChI is InChI=1S/C8H13N3OS2/c1-8(2-4-12-5-3-8)9-6-10-11-7(13)14-6/h2-5H2,1H3,(H,9,10)(H,11,13). The predicted octanol–water partition coefficient (Wildman–Crippen LogP) is 2.18. The van der Waals surface area contributed by atoms with Crippen LogP contribution in [0.25, 0.3) is 0 Å². The van der Waals surface area contributed by atoms with Crippen molar-refractivity contribution < 1.29 is 4.74 Å². The normalized spacial score (nSPS) is 20.6. The minimum absolute atomic E-state index is 0.103. The molecule has 1 fully saturated rings. The first-order valence-electron chi connectivity index (χ1n) is 4.59. The molecule has 78 valence electrons. The fourth-order valence-corrected chi connectivity index (χ4v) is 2.43. The molecule has 1 aliphatic heterocycles. The molecule has 0 amide bonds. The SMILES string of the molecule is CC1(Nc2n[nH]c(=S)s2)CCOCC1. The van der Waals surface area contributed by atoms with Crippen LogP contribution in [-0.2, 0) is 4.74 Å². The van der Waals surface area contributed by atoms with E-state index in [0.717, 1.165) is 31.2 Å². The minimum atomic E-state index is 0.103. The Balaban J connectivity index is 2.05. The van der Waals surface area contributed by atoms with E-state index >= 15 is 0 Å². The third-order valence-electron chi connectivity index (χ3n) is 2.44. The van der Waals surface area contributed by atoms with Gasteiger partial charge in [0.2, 0.25) is 5.13 Å². The van der Waals surface area contributed by atoms with Gasteiger partial charge in [-0.05, 0) is 32.0 Å². The van der Waals surface area contributed by atoms with Crippen molar-refractivity contribution in [2.75, 3.05) is 18.5 Å². The molecule has 2 heterocycles. The van der Waals surface area contributed by atoms with E-state index in [9.17, 15) is 0 Å². The molecule has 4 nitrogen and oxygen atoms in total. The molecule has 0 bridgehead atoms. The molecule has 0 radical (unpaired) electrons. The van der Waals surface area contributed by atoms with E-state index in [1.165, 1.54) is 11.3 Å². The van der Waals surface area contributed by atoms with Crippen molar-refractivity contribution in [3.63, 3.8) is 0 Å². The van der Waals surface area contributed by atoms with Crippen LogP contribution in [0.3, 0.4) is 0 Å². The third kappa shape index (κ3) is 2.31. The van der Waals surface area contributed by atoms with Gasteiger partial charge in [0.1, 0.15) is 0 Å². The zero-order valence-corrected chi connectivity index (χ0v) is 9.63. The van der Waals surface area contributed by atoms with E-state index in [2.05, 4.69) is 22.4 Å². The Labute approximate surface area is 91.7 Å². The molecule has 0 saturated carbocycles. The molecule has 1 aliphatic rings. The van der Waals surface area contributed by atoms with Gasteiger partial charge < -0.3 is 10.1 Å². The van der Waals surface area contributed by atoms with Crippen LogP contribution in [-0.4, -0.2) is 29.0 Å². The zero-order valence-electron chi connectivity index (χ0n) is 8.00. The summed E-state index contributed by atoms with van der Waals surface area (Å²) < 4.78 is 6.03. The second-order valence-electron chi connectivity index (χ2n) is 3.72. The fraction of sp³-hybridized carbons (Fsp3) is 0.750. The van der Waals surface area contributed by atoms with E-state index < -0.39 is 0 Å². The van der Waals surface area contributed by atoms with Crippen LogP contribution in [0.4, 0.5) is 5.13 Å². The third-order valence-corrected chi connectivity index (χ3v) is 3.45. The van der Waals surface area contributed by atoms with Crippen LogP contribution in [0, 0.1) is 3.95 Å². The largest absolute Gasteiger partial charge is 0.381 e. The second kappa shape index (κ2) is 3.96. The summed E-state index contributed by atoms with van der Waals surface area (Å²) in [6.45, 7) is 3.83. The second-order valence-corrected chi connectivity index (χ2v) is 5.38. The predicted molar refractivity (Wildman–Crippen MR) is 59.4 cm³/mol. The van der Waals surface area contributed by atoms with Gasteiger partial charge >= 0.3 is 0 Å². The van der Waals surface area contributed by atoms with Crippen LogP contribution >= 0.6 is 23.6 Å². The Bertz CT molecular complexity index is 353. The first-order valence-corrected chi connectivity index (χ1v) is 5.82. The Morgan fingerprint density at radius 1 is 1.57 bits per heavy atom. The monoisotopic (exact) mass is 231 g/mol. The van der Waals surface area contributed by atoms with E-state index in [0.29, 0.717) is 3.95 Å². The van der Waals surface area contributed by atoms with Crippen LogP contribution < -0.4 is 5.32 Å². The van der Waals surface area contributed by atoms with Gasteiger partial charge in [-0.2, -0.15) is 0 Å². The molecule has 14 heavy (non-hydrogen) atoms. The van der Waals surface area contributed by atoms with Crippen molar-refractivity contribution in [1.82, 2.24) is 10.2 Å². The number of aromatic amines is 1. The van der Waals surface area contributed by atoms with Gasteiger partial charge in [0.05, 0.1) is 0 Å². The average Bonchev–Trinajstić information content (AvgIpc) is 2.51. The maximum absolute atomic E-state index is 5.32. The number of hydrogen-bond acceptors (Lipinski definition) is 5. The lowest BCUT2D eigenvalue weighted by molar-refractivity contribution is 0.0658. The molecular formula is C8H13N3OS2. The lowest BCUT2D eigenvalue weighted by Gasteiger charge is -2.34. The van der Waals surface area contributed by atoms with Gasteiger partial charge in [-0.1, -0.05) is 11.3 Å². The molecule has 0 aromatic carbocycles. The molecule has 6 heteroatoms. The number of anilines is 1. The Kier molecular flexibility index (Phi) is 2.85. The molecule has 2 N–H and O–H groups in total. The van der Waals surface area contributed by atoms with Gasteiger partial charge in [-0.15, -0.1) is 5.10 Å². The Morgan fingerprint density at radius 2 is 2.29 bits per heavy atom. The number of nitrogens with one attached hydrogen (secondary N) is 2. The average molecular weight is 231 g/mol. The first-order chi connectivity index (χ1) is 6.68. The lowest BCUT2D eigenvalue weighted by atomic mass is 9.93. The number of ether oxygens (including phenoxy) is 1. The Morgan fingerprint density at radius 3 is 2.86 bits per heavy atom. The van der Waals surface area contributed by atoms with Crippen LogP contribution in [0.1, 0.15) is 19.8 Å². The highest BCUT2D eigenvalue weighted by Crippen LogP contribution is 2.26. The molecule has 0 atom stereocenters. The highest BCUT2D eigenvalue weighted by molar-refractivity contribution is 7.73. The van der Waals surface area contributed by atoms with E-state index in [4.69, 9.17) is 17.0 Å². The summed E-state index contributed by atoms with van der Waals surface area (Å²) in [7, 11) is 0. The lowest BCUT2D eigenvalue weighted by Crippen LogP contribution is -2.40. The molecule has 0 aliphatic carbocycles. The van der Waals surface area contributed by atoms with E-state index in [-0.39, 0.29) is 5.54 Å². The number of rotatable bonds is 2. The minimum Gasteiger partial charge on any atom is -0.381 e. The van der Waals surface area contributed by atoms with Crippen molar-refractivity contribution in [1.29, 1.82) is 0 Å². The van der Waals surface area contributed by atoms with Crippen LogP contribution in [0.2, 0.25) is 0 Å². The summed E-state index contributed by atoms with van der Waals surface area (Å²) in [4.78, 5) is 0. The van der Waals surface area contributed by atoms with Crippen LogP contribution in [0.5, 0.6) is 0 Å². The summed E-state index contributed by atoms with van der Waals surface area (Å²) in [6, 6.07) is 0. The molecule has 2 rings (SSSR count). The molecular weight excluding hydrogens is 218 g/mol. The number of nitrogens with zero attached hydrogens (tertiary/aromatic N) is 1. The summed E-state index contributed by atoms with van der Waals surface area (Å²) in [6.07, 6.45) is 2.03. The Hall–Kier alpha value is -0.460. The van der Waals surface area contributed by atoms with E-state index in [1.54, 1.807) is 0 Å². The summed E-state index contributed by atoms with van der Waals surface area (Å²) in [5.41, 5.74) is 0.103.